The molecule has 0 atom stereocenters. The fraction of sp³-hybridized carbons (Fsp3) is 0.100. The molecule has 6 heteroatoms. The normalized spacial score (nSPS) is 9.06. The molecule has 16 heavy (non-hydrogen) atoms. The van der Waals surface area contributed by atoms with Crippen LogP contribution in [0.1, 0.15) is 10.4 Å². The number of halogens is 1. The predicted octanol–water partition coefficient (Wildman–Crippen LogP) is 3.11. The fourth-order valence-corrected chi connectivity index (χ4v) is 0.981. The molecular formula is C10H8FN3O2. The SMILES string of the molecule is C=CCOC(=O)c1ccc(N=[N+]=[N-])c(F)c1. The van der Waals surface area contributed by atoms with Gasteiger partial charge in [-0.15, -0.1) is 0 Å². The van der Waals surface area contributed by atoms with Gasteiger partial charge >= 0.3 is 5.97 Å². The molecule has 0 radical (unpaired) electrons. The van der Waals surface area contributed by atoms with Gasteiger partial charge in [-0.05, 0) is 23.7 Å². The van der Waals surface area contributed by atoms with Crippen LogP contribution >= 0.6 is 0 Å². The van der Waals surface area contributed by atoms with Crippen LogP contribution in [0.15, 0.2) is 36.0 Å². The van der Waals surface area contributed by atoms with E-state index in [1.165, 1.54) is 18.2 Å². The maximum absolute atomic E-state index is 13.2. The van der Waals surface area contributed by atoms with E-state index in [0.29, 0.717) is 0 Å². The van der Waals surface area contributed by atoms with Crippen LogP contribution in [0.2, 0.25) is 0 Å². The Labute approximate surface area is 90.8 Å². The number of hydrogen-bond acceptors (Lipinski definition) is 3. The van der Waals surface area contributed by atoms with Gasteiger partial charge in [-0.3, -0.25) is 0 Å². The molecule has 0 fully saturated rings. The van der Waals surface area contributed by atoms with Crippen LogP contribution in [0.25, 0.3) is 10.4 Å². The molecule has 1 aromatic carbocycles. The summed E-state index contributed by atoms with van der Waals surface area (Å²) in [6.45, 7) is 3.43. The summed E-state index contributed by atoms with van der Waals surface area (Å²) in [5, 5.41) is 3.11. The van der Waals surface area contributed by atoms with E-state index in [0.717, 1.165) is 6.07 Å². The average molecular weight is 221 g/mol. The van der Waals surface area contributed by atoms with Gasteiger partial charge in [-0.1, -0.05) is 17.8 Å². The monoisotopic (exact) mass is 221 g/mol. The zero-order valence-electron chi connectivity index (χ0n) is 8.26. The molecule has 0 amide bonds. The summed E-state index contributed by atoms with van der Waals surface area (Å²) in [5.74, 6) is -1.43. The van der Waals surface area contributed by atoms with Gasteiger partial charge in [0, 0.05) is 4.91 Å². The summed E-state index contributed by atoms with van der Waals surface area (Å²) >= 11 is 0. The second-order valence-electron chi connectivity index (χ2n) is 2.74. The number of azide groups is 1. The first-order valence-electron chi connectivity index (χ1n) is 4.31. The first kappa shape index (κ1) is 11.7. The number of benzene rings is 1. The zero-order chi connectivity index (χ0) is 12.0. The molecule has 0 aliphatic rings. The van der Waals surface area contributed by atoms with Crippen LogP contribution in [0.5, 0.6) is 0 Å². The van der Waals surface area contributed by atoms with E-state index in [-0.39, 0.29) is 17.9 Å². The lowest BCUT2D eigenvalue weighted by molar-refractivity contribution is 0.0549. The number of esters is 1. The van der Waals surface area contributed by atoms with Gasteiger partial charge in [0.1, 0.15) is 12.4 Å². The van der Waals surface area contributed by atoms with E-state index >= 15 is 0 Å². The van der Waals surface area contributed by atoms with Gasteiger partial charge < -0.3 is 4.74 Å². The van der Waals surface area contributed by atoms with E-state index in [9.17, 15) is 9.18 Å². The van der Waals surface area contributed by atoms with Gasteiger partial charge in [0.15, 0.2) is 0 Å². The number of ether oxygens (including phenoxy) is 1. The first-order valence-corrected chi connectivity index (χ1v) is 4.31. The summed E-state index contributed by atoms with van der Waals surface area (Å²) in [6, 6.07) is 3.48. The molecule has 82 valence electrons. The molecular weight excluding hydrogens is 213 g/mol. The third kappa shape index (κ3) is 2.83. The van der Waals surface area contributed by atoms with E-state index < -0.39 is 11.8 Å². The molecule has 0 saturated carbocycles. The van der Waals surface area contributed by atoms with Gasteiger partial charge in [0.25, 0.3) is 0 Å². The molecule has 0 aromatic heterocycles. The standard InChI is InChI=1S/C10H8FN3O2/c1-2-5-16-10(15)7-3-4-9(13-14-12)8(11)6-7/h2-4,6H,1,5H2. The summed E-state index contributed by atoms with van der Waals surface area (Å²) in [4.78, 5) is 13.7. The minimum Gasteiger partial charge on any atom is -0.458 e. The highest BCUT2D eigenvalue weighted by atomic mass is 19.1. The lowest BCUT2D eigenvalue weighted by atomic mass is 10.2. The molecule has 0 spiro atoms. The minimum absolute atomic E-state index is 0.0521. The average Bonchev–Trinajstić information content (AvgIpc) is 2.29. The number of rotatable bonds is 4. The van der Waals surface area contributed by atoms with Crippen LogP contribution in [0.3, 0.4) is 0 Å². The van der Waals surface area contributed by atoms with Crippen LogP contribution in [-0.4, -0.2) is 12.6 Å². The Morgan fingerprint density at radius 1 is 1.69 bits per heavy atom. The van der Waals surface area contributed by atoms with Crippen molar-refractivity contribution in [3.05, 3.63) is 52.7 Å². The zero-order valence-corrected chi connectivity index (χ0v) is 8.26. The maximum Gasteiger partial charge on any atom is 0.338 e. The van der Waals surface area contributed by atoms with Crippen molar-refractivity contribution >= 4 is 11.7 Å². The number of carbonyl (C=O) groups is 1. The quantitative estimate of drug-likeness (QED) is 0.257. The highest BCUT2D eigenvalue weighted by molar-refractivity contribution is 5.89. The molecule has 1 rings (SSSR count). The van der Waals surface area contributed by atoms with Crippen LogP contribution < -0.4 is 0 Å². The third-order valence-corrected chi connectivity index (χ3v) is 1.67. The number of carbonyl (C=O) groups excluding carboxylic acids is 1. The molecule has 5 nitrogen and oxygen atoms in total. The van der Waals surface area contributed by atoms with E-state index in [4.69, 9.17) is 10.3 Å². The predicted molar refractivity (Wildman–Crippen MR) is 55.7 cm³/mol. The van der Waals surface area contributed by atoms with Crippen molar-refractivity contribution in [3.63, 3.8) is 0 Å². The molecule has 0 unspecified atom stereocenters. The first-order chi connectivity index (χ1) is 7.69. The van der Waals surface area contributed by atoms with Crippen molar-refractivity contribution in [3.8, 4) is 0 Å². The van der Waals surface area contributed by atoms with Crippen molar-refractivity contribution < 1.29 is 13.9 Å². The lowest BCUT2D eigenvalue weighted by Gasteiger charge is -2.02. The topological polar surface area (TPSA) is 75.1 Å². The third-order valence-electron chi connectivity index (χ3n) is 1.67. The summed E-state index contributed by atoms with van der Waals surface area (Å²) < 4.78 is 17.9. The minimum atomic E-state index is -0.772. The van der Waals surface area contributed by atoms with Gasteiger partial charge in [0.2, 0.25) is 0 Å². The molecule has 0 aliphatic heterocycles. The van der Waals surface area contributed by atoms with Crippen molar-refractivity contribution in [2.45, 2.75) is 0 Å². The van der Waals surface area contributed by atoms with E-state index in [2.05, 4.69) is 16.6 Å². The van der Waals surface area contributed by atoms with Crippen molar-refractivity contribution in [2.75, 3.05) is 6.61 Å². The second kappa shape index (κ2) is 5.53. The fourth-order valence-electron chi connectivity index (χ4n) is 0.981. The summed E-state index contributed by atoms with van der Waals surface area (Å²) in [7, 11) is 0. The number of nitrogens with zero attached hydrogens (tertiary/aromatic N) is 3. The van der Waals surface area contributed by atoms with E-state index in [1.54, 1.807) is 0 Å². The van der Waals surface area contributed by atoms with Gasteiger partial charge in [0.05, 0.1) is 11.3 Å². The highest BCUT2D eigenvalue weighted by Crippen LogP contribution is 2.19. The van der Waals surface area contributed by atoms with Crippen molar-refractivity contribution in [1.82, 2.24) is 0 Å². The van der Waals surface area contributed by atoms with Gasteiger partial charge in [-0.25, -0.2) is 9.18 Å². The van der Waals surface area contributed by atoms with E-state index in [1.807, 2.05) is 0 Å². The smallest absolute Gasteiger partial charge is 0.338 e. The Hall–Kier alpha value is -2.33. The number of hydrogen-bond donors (Lipinski definition) is 0. The Morgan fingerprint density at radius 2 is 2.44 bits per heavy atom. The largest absolute Gasteiger partial charge is 0.458 e. The molecule has 0 aliphatic carbocycles. The highest BCUT2D eigenvalue weighted by Gasteiger charge is 2.09. The Kier molecular flexibility index (Phi) is 4.06. The molecule has 1 aromatic rings. The molecule has 0 N–H and O–H groups in total. The maximum atomic E-state index is 13.2. The Balaban J connectivity index is 2.92. The second-order valence-corrected chi connectivity index (χ2v) is 2.74. The Bertz CT molecular complexity index is 467. The molecule has 0 saturated heterocycles. The van der Waals surface area contributed by atoms with Crippen LogP contribution in [0.4, 0.5) is 10.1 Å². The summed E-state index contributed by atoms with van der Waals surface area (Å²) in [5.41, 5.74) is 8.02. The summed E-state index contributed by atoms with van der Waals surface area (Å²) in [6.07, 6.45) is 1.41. The lowest BCUT2D eigenvalue weighted by Crippen LogP contribution is -2.05. The molecule has 0 bridgehead atoms. The van der Waals surface area contributed by atoms with Crippen molar-refractivity contribution in [1.29, 1.82) is 0 Å². The Morgan fingerprint density at radius 3 is 3.00 bits per heavy atom. The van der Waals surface area contributed by atoms with Gasteiger partial charge in [-0.2, -0.15) is 0 Å². The molecule has 0 heterocycles. The van der Waals surface area contributed by atoms with Crippen molar-refractivity contribution in [2.24, 2.45) is 5.11 Å². The van der Waals surface area contributed by atoms with Crippen LogP contribution in [0, 0.1) is 5.82 Å². The van der Waals surface area contributed by atoms with Crippen LogP contribution in [-0.2, 0) is 4.74 Å².